The van der Waals surface area contributed by atoms with E-state index in [1.165, 1.54) is 75.8 Å². The largest absolute Gasteiger partial charge is 0.327 e. The molecule has 1 heterocycles. The van der Waals surface area contributed by atoms with Gasteiger partial charge in [-0.3, -0.25) is 0 Å². The zero-order valence-corrected chi connectivity index (χ0v) is 24.2. The molecule has 10 rings (SSSR count). The van der Waals surface area contributed by atoms with Gasteiger partial charge >= 0.3 is 0 Å². The molecule has 44 heavy (non-hydrogen) atoms. The van der Waals surface area contributed by atoms with Crippen LogP contribution in [0, 0.1) is 0 Å². The molecular formula is C42H26N2. The Hall–Kier alpha value is -5.73. The number of aromatic nitrogens is 2. The minimum absolute atomic E-state index is 0.983. The van der Waals surface area contributed by atoms with E-state index in [4.69, 9.17) is 4.98 Å². The van der Waals surface area contributed by atoms with Crippen molar-refractivity contribution in [1.29, 1.82) is 0 Å². The number of hydrogen-bond acceptors (Lipinski definition) is 1. The Bertz CT molecular complexity index is 2760. The molecule has 0 aliphatic heterocycles. The van der Waals surface area contributed by atoms with Gasteiger partial charge in [0.2, 0.25) is 0 Å². The maximum atomic E-state index is 5.10. The summed E-state index contributed by atoms with van der Waals surface area (Å²) < 4.78 is 2.19. The number of rotatable bonds is 2. The number of hydrogen-bond donors (Lipinski definition) is 0. The lowest BCUT2D eigenvalue weighted by Gasteiger charge is -2.17. The Balaban J connectivity index is 1.36. The average molecular weight is 559 g/mol. The highest BCUT2D eigenvalue weighted by Gasteiger charge is 2.17. The first kappa shape index (κ1) is 23.8. The van der Waals surface area contributed by atoms with E-state index in [2.05, 4.69) is 145 Å². The molecule has 0 aliphatic carbocycles. The second-order valence-electron chi connectivity index (χ2n) is 12.0. The van der Waals surface area contributed by atoms with Gasteiger partial charge in [0.05, 0.1) is 11.0 Å². The van der Waals surface area contributed by atoms with Gasteiger partial charge in [-0.05, 0) is 100 Å². The van der Waals surface area contributed by atoms with Crippen molar-refractivity contribution >= 4 is 75.7 Å². The molecule has 0 amide bonds. The summed E-state index contributed by atoms with van der Waals surface area (Å²) in [5.41, 5.74) is 5.64. The lowest BCUT2D eigenvalue weighted by atomic mass is 9.86. The first-order valence-corrected chi connectivity index (χ1v) is 15.2. The third-order valence-electron chi connectivity index (χ3n) is 9.67. The number of imidazole rings is 1. The zero-order valence-electron chi connectivity index (χ0n) is 24.2. The van der Waals surface area contributed by atoms with E-state index >= 15 is 0 Å². The number of nitrogens with zero attached hydrogens (tertiary/aromatic N) is 2. The number of fused-ring (bicyclic) bond motifs is 3. The van der Waals surface area contributed by atoms with E-state index in [-0.39, 0.29) is 0 Å². The third-order valence-corrected chi connectivity index (χ3v) is 9.67. The van der Waals surface area contributed by atoms with Crippen LogP contribution in [-0.4, -0.2) is 9.55 Å². The summed E-state index contributed by atoms with van der Waals surface area (Å²) >= 11 is 0. The Kier molecular flexibility index (Phi) is 4.68. The normalized spacial score (nSPS) is 12.2. The molecule has 2 heteroatoms. The summed E-state index contributed by atoms with van der Waals surface area (Å²) in [6.07, 6.45) is 0. The highest BCUT2D eigenvalue weighted by Crippen LogP contribution is 2.44. The maximum absolute atomic E-state index is 5.10. The van der Waals surface area contributed by atoms with Crippen molar-refractivity contribution in [2.75, 3.05) is 0 Å². The van der Waals surface area contributed by atoms with Crippen molar-refractivity contribution in [3.63, 3.8) is 0 Å². The molecule has 204 valence electrons. The lowest BCUT2D eigenvalue weighted by molar-refractivity contribution is 0.959. The van der Waals surface area contributed by atoms with Gasteiger partial charge < -0.3 is 4.57 Å². The van der Waals surface area contributed by atoms with Gasteiger partial charge in [-0.2, -0.15) is 0 Å². The molecule has 2 nitrogen and oxygen atoms in total. The van der Waals surface area contributed by atoms with Crippen molar-refractivity contribution in [2.24, 2.45) is 7.05 Å². The van der Waals surface area contributed by atoms with Gasteiger partial charge in [-0.15, -0.1) is 0 Å². The van der Waals surface area contributed by atoms with Gasteiger partial charge in [0, 0.05) is 12.6 Å². The van der Waals surface area contributed by atoms with Crippen LogP contribution < -0.4 is 0 Å². The van der Waals surface area contributed by atoms with Gasteiger partial charge in [-0.1, -0.05) is 115 Å². The van der Waals surface area contributed by atoms with E-state index in [9.17, 15) is 0 Å². The van der Waals surface area contributed by atoms with Crippen LogP contribution >= 0.6 is 0 Å². The summed E-state index contributed by atoms with van der Waals surface area (Å²) in [6, 6.07) is 51.4. The molecule has 9 aromatic carbocycles. The van der Waals surface area contributed by atoms with Crippen molar-refractivity contribution in [1.82, 2.24) is 9.55 Å². The monoisotopic (exact) mass is 558 g/mol. The molecule has 0 bridgehead atoms. The van der Waals surface area contributed by atoms with Crippen LogP contribution in [-0.2, 0) is 7.05 Å². The van der Waals surface area contributed by atoms with Crippen LogP contribution in [0.3, 0.4) is 0 Å². The van der Waals surface area contributed by atoms with E-state index in [0.717, 1.165) is 22.4 Å². The SMILES string of the molecule is Cn1c(-c2ccccc2)nc2cc(-c3cc4ccc5cccc6c7cccc8ccc9cccc(c(c3)c4c56)c9c87)ccc21. The van der Waals surface area contributed by atoms with Crippen molar-refractivity contribution < 1.29 is 0 Å². The topological polar surface area (TPSA) is 17.8 Å². The second-order valence-corrected chi connectivity index (χ2v) is 12.0. The van der Waals surface area contributed by atoms with E-state index in [1.54, 1.807) is 0 Å². The summed E-state index contributed by atoms with van der Waals surface area (Å²) in [5, 5.41) is 15.6. The van der Waals surface area contributed by atoms with Crippen LogP contribution in [0.5, 0.6) is 0 Å². The molecule has 1 aromatic heterocycles. The average Bonchev–Trinajstić information content (AvgIpc) is 3.41. The van der Waals surface area contributed by atoms with Crippen LogP contribution in [0.2, 0.25) is 0 Å². The standard InChI is InChI=1S/C42H26N2/c1-44-37-21-20-29(24-36(37)43-42(44)28-8-3-2-4-9-28)31-22-30-19-18-27-11-6-14-33-32-13-5-10-25-16-17-26-12-7-15-34(40(26)38(25)32)35(23-31)41(30)39(27)33/h2-24H,1H3. The molecule has 0 aliphatic rings. The Morgan fingerprint density at radius 2 is 0.977 bits per heavy atom. The van der Waals surface area contributed by atoms with E-state index in [0.29, 0.717) is 0 Å². The van der Waals surface area contributed by atoms with Gasteiger partial charge in [0.1, 0.15) is 5.82 Å². The molecule has 0 fully saturated rings. The molecular weight excluding hydrogens is 532 g/mol. The fourth-order valence-electron chi connectivity index (χ4n) is 7.68. The molecule has 0 N–H and O–H groups in total. The molecule has 0 radical (unpaired) electrons. The number of aryl methyl sites for hydroxylation is 1. The number of benzene rings is 8. The minimum atomic E-state index is 0.983. The maximum Gasteiger partial charge on any atom is 0.140 e. The predicted molar refractivity (Wildman–Crippen MR) is 188 cm³/mol. The van der Waals surface area contributed by atoms with Gasteiger partial charge in [0.25, 0.3) is 0 Å². The first-order chi connectivity index (χ1) is 21.7. The summed E-state index contributed by atoms with van der Waals surface area (Å²) in [6.45, 7) is 0. The summed E-state index contributed by atoms with van der Waals surface area (Å²) in [5.74, 6) is 0.983. The fourth-order valence-corrected chi connectivity index (χ4v) is 7.68. The van der Waals surface area contributed by atoms with Crippen molar-refractivity contribution in [2.45, 2.75) is 0 Å². The molecule has 0 saturated carbocycles. The van der Waals surface area contributed by atoms with Crippen LogP contribution in [0.15, 0.2) is 140 Å². The van der Waals surface area contributed by atoms with E-state index in [1.807, 2.05) is 6.07 Å². The molecule has 0 unspecified atom stereocenters. The molecule has 0 spiro atoms. The molecule has 10 aromatic rings. The van der Waals surface area contributed by atoms with Crippen molar-refractivity contribution in [3.8, 4) is 22.5 Å². The Morgan fingerprint density at radius 3 is 1.61 bits per heavy atom. The Labute approximate surface area is 253 Å². The zero-order chi connectivity index (χ0) is 28.9. The van der Waals surface area contributed by atoms with Crippen LogP contribution in [0.25, 0.3) is 98.2 Å². The third kappa shape index (κ3) is 3.17. The van der Waals surface area contributed by atoms with Crippen LogP contribution in [0.4, 0.5) is 0 Å². The summed E-state index contributed by atoms with van der Waals surface area (Å²) in [7, 11) is 2.10. The fraction of sp³-hybridized carbons (Fsp3) is 0.0238. The van der Waals surface area contributed by atoms with Crippen LogP contribution in [0.1, 0.15) is 0 Å². The van der Waals surface area contributed by atoms with Gasteiger partial charge in [-0.25, -0.2) is 4.98 Å². The predicted octanol–water partition coefficient (Wildman–Crippen LogP) is 11.3. The first-order valence-electron chi connectivity index (χ1n) is 15.2. The lowest BCUT2D eigenvalue weighted by Crippen LogP contribution is -1.91. The second kappa shape index (κ2) is 8.65. The molecule has 0 saturated heterocycles. The quantitative estimate of drug-likeness (QED) is 0.193. The van der Waals surface area contributed by atoms with Crippen molar-refractivity contribution in [3.05, 3.63) is 140 Å². The highest BCUT2D eigenvalue weighted by molar-refractivity contribution is 6.37. The highest BCUT2D eigenvalue weighted by atomic mass is 15.1. The van der Waals surface area contributed by atoms with E-state index < -0.39 is 0 Å². The smallest absolute Gasteiger partial charge is 0.140 e. The molecule has 0 atom stereocenters. The minimum Gasteiger partial charge on any atom is -0.327 e. The Morgan fingerprint density at radius 1 is 0.409 bits per heavy atom. The van der Waals surface area contributed by atoms with Gasteiger partial charge in [0.15, 0.2) is 0 Å². The summed E-state index contributed by atoms with van der Waals surface area (Å²) in [4.78, 5) is 5.10.